The average Bonchev–Trinajstić information content (AvgIpc) is 2.97. The summed E-state index contributed by atoms with van der Waals surface area (Å²) >= 11 is 2.06. The lowest BCUT2D eigenvalue weighted by Crippen LogP contribution is -2.27. The largest absolute Gasteiger partial charge is 0.358 e. The first-order chi connectivity index (χ1) is 8.74. The van der Waals surface area contributed by atoms with Gasteiger partial charge in [-0.2, -0.15) is 11.8 Å². The van der Waals surface area contributed by atoms with Crippen molar-refractivity contribution in [1.82, 2.24) is 10.3 Å². The number of benzene rings is 1. The van der Waals surface area contributed by atoms with Crippen molar-refractivity contribution in [2.45, 2.75) is 32.9 Å². The zero-order chi connectivity index (χ0) is 12.5. The molecule has 3 rings (SSSR count). The Labute approximate surface area is 113 Å². The first-order valence-electron chi connectivity index (χ1n) is 6.63. The molecule has 0 aliphatic carbocycles. The number of aryl methyl sites for hydroxylation is 2. The van der Waals surface area contributed by atoms with Gasteiger partial charge in [0.05, 0.1) is 0 Å². The van der Waals surface area contributed by atoms with Crippen molar-refractivity contribution in [3.63, 3.8) is 0 Å². The third kappa shape index (κ3) is 2.29. The van der Waals surface area contributed by atoms with Crippen molar-refractivity contribution in [2.75, 3.05) is 11.5 Å². The van der Waals surface area contributed by atoms with Crippen molar-refractivity contribution in [1.29, 1.82) is 0 Å². The minimum absolute atomic E-state index is 0.708. The summed E-state index contributed by atoms with van der Waals surface area (Å²) in [5, 5.41) is 5.03. The Morgan fingerprint density at radius 1 is 1.39 bits per heavy atom. The fraction of sp³-hybridized carbons (Fsp3) is 0.467. The molecule has 2 nitrogen and oxygen atoms in total. The van der Waals surface area contributed by atoms with E-state index in [1.165, 1.54) is 45.7 Å². The topological polar surface area (TPSA) is 27.8 Å². The van der Waals surface area contributed by atoms with Gasteiger partial charge in [-0.25, -0.2) is 0 Å². The third-order valence-corrected chi connectivity index (χ3v) is 5.06. The number of rotatable bonds is 3. The summed E-state index contributed by atoms with van der Waals surface area (Å²) < 4.78 is 0. The maximum absolute atomic E-state index is 3.66. The lowest BCUT2D eigenvalue weighted by atomic mass is 10.1. The van der Waals surface area contributed by atoms with Gasteiger partial charge in [0.1, 0.15) is 0 Å². The van der Waals surface area contributed by atoms with Crippen LogP contribution in [0.25, 0.3) is 10.9 Å². The fourth-order valence-corrected chi connectivity index (χ4v) is 3.76. The standard InChI is InChI=1S/C15H20N2S/c1-10-11(2)17-15-4-3-12(7-14(10)15)8-16-13-5-6-18-9-13/h3-4,7,13,16-17H,5-6,8-9H2,1-2H3. The van der Waals surface area contributed by atoms with E-state index in [1.54, 1.807) is 0 Å². The molecule has 1 aromatic heterocycles. The zero-order valence-electron chi connectivity index (χ0n) is 11.0. The molecule has 2 N–H and O–H groups in total. The lowest BCUT2D eigenvalue weighted by molar-refractivity contribution is 0.558. The summed E-state index contributed by atoms with van der Waals surface area (Å²) in [6.45, 7) is 5.33. The van der Waals surface area contributed by atoms with Gasteiger partial charge in [-0.3, -0.25) is 0 Å². The molecule has 1 aromatic carbocycles. The maximum Gasteiger partial charge on any atom is 0.0458 e. The molecule has 96 valence electrons. The molecule has 1 aliphatic rings. The van der Waals surface area contributed by atoms with Crippen LogP contribution >= 0.6 is 11.8 Å². The van der Waals surface area contributed by atoms with Crippen molar-refractivity contribution < 1.29 is 0 Å². The summed E-state index contributed by atoms with van der Waals surface area (Å²) in [5.74, 6) is 2.58. The van der Waals surface area contributed by atoms with E-state index < -0.39 is 0 Å². The van der Waals surface area contributed by atoms with Gasteiger partial charge in [0.15, 0.2) is 0 Å². The van der Waals surface area contributed by atoms with Gasteiger partial charge in [-0.05, 0) is 49.3 Å². The fourth-order valence-electron chi connectivity index (χ4n) is 2.58. The van der Waals surface area contributed by atoms with Crippen molar-refractivity contribution in [3.05, 3.63) is 35.0 Å². The Morgan fingerprint density at radius 3 is 3.06 bits per heavy atom. The Bertz CT molecular complexity index is 553. The molecular formula is C15H20N2S. The van der Waals surface area contributed by atoms with Crippen molar-refractivity contribution in [2.24, 2.45) is 0 Å². The van der Waals surface area contributed by atoms with Gasteiger partial charge < -0.3 is 10.3 Å². The number of hydrogen-bond donors (Lipinski definition) is 2. The number of thioether (sulfide) groups is 1. The maximum atomic E-state index is 3.66. The van der Waals surface area contributed by atoms with Crippen LogP contribution in [0.2, 0.25) is 0 Å². The Hall–Kier alpha value is -0.930. The normalized spacial score (nSPS) is 19.8. The summed E-state index contributed by atoms with van der Waals surface area (Å²) in [6.07, 6.45) is 1.31. The molecule has 2 aromatic rings. The van der Waals surface area contributed by atoms with Crippen LogP contribution in [0.4, 0.5) is 0 Å². The lowest BCUT2D eigenvalue weighted by Gasteiger charge is -2.11. The molecule has 1 fully saturated rings. The van der Waals surface area contributed by atoms with Gasteiger partial charge in [-0.15, -0.1) is 0 Å². The van der Waals surface area contributed by atoms with Crippen LogP contribution in [-0.4, -0.2) is 22.5 Å². The molecular weight excluding hydrogens is 240 g/mol. The van der Waals surface area contributed by atoms with Gasteiger partial charge >= 0.3 is 0 Å². The van der Waals surface area contributed by atoms with Crippen LogP contribution in [0.15, 0.2) is 18.2 Å². The van der Waals surface area contributed by atoms with E-state index in [2.05, 4.69) is 54.1 Å². The van der Waals surface area contributed by atoms with Crippen LogP contribution in [0, 0.1) is 13.8 Å². The van der Waals surface area contributed by atoms with Gasteiger partial charge in [0, 0.05) is 34.9 Å². The van der Waals surface area contributed by atoms with Crippen LogP contribution < -0.4 is 5.32 Å². The highest BCUT2D eigenvalue weighted by molar-refractivity contribution is 7.99. The summed E-state index contributed by atoms with van der Waals surface area (Å²) in [4.78, 5) is 3.43. The van der Waals surface area contributed by atoms with E-state index >= 15 is 0 Å². The molecule has 0 bridgehead atoms. The van der Waals surface area contributed by atoms with E-state index in [1.807, 2.05) is 0 Å². The number of nitrogens with one attached hydrogen (secondary N) is 2. The third-order valence-electron chi connectivity index (χ3n) is 3.90. The minimum atomic E-state index is 0.708. The second kappa shape index (κ2) is 4.98. The Morgan fingerprint density at radius 2 is 2.28 bits per heavy atom. The molecule has 2 heterocycles. The van der Waals surface area contributed by atoms with Crippen LogP contribution in [0.1, 0.15) is 23.2 Å². The Balaban J connectivity index is 1.77. The van der Waals surface area contributed by atoms with Crippen LogP contribution in [0.5, 0.6) is 0 Å². The predicted molar refractivity (Wildman–Crippen MR) is 80.3 cm³/mol. The van der Waals surface area contributed by atoms with E-state index in [-0.39, 0.29) is 0 Å². The van der Waals surface area contributed by atoms with E-state index in [9.17, 15) is 0 Å². The van der Waals surface area contributed by atoms with E-state index in [0.717, 1.165) is 6.54 Å². The monoisotopic (exact) mass is 260 g/mol. The highest BCUT2D eigenvalue weighted by atomic mass is 32.2. The first-order valence-corrected chi connectivity index (χ1v) is 7.78. The van der Waals surface area contributed by atoms with Crippen LogP contribution in [0.3, 0.4) is 0 Å². The quantitative estimate of drug-likeness (QED) is 0.885. The molecule has 1 aliphatic heterocycles. The van der Waals surface area contributed by atoms with Gasteiger partial charge in [0.2, 0.25) is 0 Å². The average molecular weight is 260 g/mol. The number of H-pyrrole nitrogens is 1. The molecule has 0 radical (unpaired) electrons. The molecule has 3 heteroatoms. The number of aromatic nitrogens is 1. The van der Waals surface area contributed by atoms with E-state index in [4.69, 9.17) is 0 Å². The molecule has 0 saturated carbocycles. The minimum Gasteiger partial charge on any atom is -0.358 e. The van der Waals surface area contributed by atoms with Crippen molar-refractivity contribution >= 4 is 22.7 Å². The second-order valence-electron chi connectivity index (χ2n) is 5.20. The SMILES string of the molecule is Cc1[nH]c2ccc(CNC3CCSC3)cc2c1C. The highest BCUT2D eigenvalue weighted by Crippen LogP contribution is 2.23. The predicted octanol–water partition coefficient (Wildman–Crippen LogP) is 3.38. The zero-order valence-corrected chi connectivity index (χ0v) is 11.9. The number of hydrogen-bond acceptors (Lipinski definition) is 2. The molecule has 1 unspecified atom stereocenters. The first kappa shape index (κ1) is 12.1. The molecule has 1 atom stereocenters. The van der Waals surface area contributed by atoms with E-state index in [0.29, 0.717) is 6.04 Å². The molecule has 1 saturated heterocycles. The van der Waals surface area contributed by atoms with Crippen molar-refractivity contribution in [3.8, 4) is 0 Å². The highest BCUT2D eigenvalue weighted by Gasteiger charge is 2.14. The van der Waals surface area contributed by atoms with Crippen LogP contribution in [-0.2, 0) is 6.54 Å². The number of fused-ring (bicyclic) bond motifs is 1. The summed E-state index contributed by atoms with van der Waals surface area (Å²) in [7, 11) is 0. The van der Waals surface area contributed by atoms with Gasteiger partial charge in [-0.1, -0.05) is 6.07 Å². The summed E-state index contributed by atoms with van der Waals surface area (Å²) in [5.41, 5.74) is 5.30. The smallest absolute Gasteiger partial charge is 0.0458 e. The number of aromatic amines is 1. The van der Waals surface area contributed by atoms with Gasteiger partial charge in [0.25, 0.3) is 0 Å². The summed E-state index contributed by atoms with van der Waals surface area (Å²) in [6, 6.07) is 7.46. The second-order valence-corrected chi connectivity index (χ2v) is 6.35. The Kier molecular flexibility index (Phi) is 3.35. The molecule has 0 amide bonds. The molecule has 18 heavy (non-hydrogen) atoms. The molecule has 0 spiro atoms.